The first-order valence-electron chi connectivity index (χ1n) is 5.30. The number of carbonyl (C=O) groups excluding carboxylic acids is 1. The van der Waals surface area contributed by atoms with Crippen molar-refractivity contribution >= 4 is 17.5 Å². The number of hydrogen-bond acceptors (Lipinski definition) is 2. The Hall–Kier alpha value is -1.94. The molecule has 2 rings (SSSR count). The summed E-state index contributed by atoms with van der Waals surface area (Å²) in [6, 6.07) is 9.30. The zero-order chi connectivity index (χ0) is 13.0. The van der Waals surface area contributed by atoms with Crippen LogP contribution < -0.4 is 5.32 Å². The van der Waals surface area contributed by atoms with Gasteiger partial charge >= 0.3 is 0 Å². The lowest BCUT2D eigenvalue weighted by molar-refractivity contribution is 0.0945. The number of pyridine rings is 1. The molecule has 1 aromatic carbocycles. The molecular weight excluding hydrogens is 255 g/mol. The SMILES string of the molecule is O=C(NCc1ccccc1F)c1cc(Cl)ccn1. The Labute approximate surface area is 109 Å². The Morgan fingerprint density at radius 1 is 1.33 bits per heavy atom. The van der Waals surface area contributed by atoms with Crippen molar-refractivity contribution in [2.24, 2.45) is 0 Å². The van der Waals surface area contributed by atoms with Crippen LogP contribution in [0.1, 0.15) is 16.1 Å². The van der Waals surface area contributed by atoms with E-state index < -0.39 is 0 Å². The van der Waals surface area contributed by atoms with Crippen LogP contribution in [-0.2, 0) is 6.54 Å². The summed E-state index contributed by atoms with van der Waals surface area (Å²) in [7, 11) is 0. The van der Waals surface area contributed by atoms with Crippen LogP contribution in [0, 0.1) is 5.82 Å². The molecule has 0 saturated carbocycles. The minimum Gasteiger partial charge on any atom is -0.347 e. The third-order valence-corrected chi connectivity index (χ3v) is 2.59. The standard InChI is InChI=1S/C13H10ClFN2O/c14-10-5-6-16-12(7-10)13(18)17-8-9-3-1-2-4-11(9)15/h1-7H,8H2,(H,17,18). The van der Waals surface area contributed by atoms with E-state index in [0.717, 1.165) is 0 Å². The minimum atomic E-state index is -0.388. The summed E-state index contributed by atoms with van der Waals surface area (Å²) in [5.74, 6) is -0.738. The van der Waals surface area contributed by atoms with Crippen molar-refractivity contribution in [1.82, 2.24) is 10.3 Å². The average Bonchev–Trinajstić information content (AvgIpc) is 2.37. The predicted molar refractivity (Wildman–Crippen MR) is 66.8 cm³/mol. The quantitative estimate of drug-likeness (QED) is 0.926. The zero-order valence-corrected chi connectivity index (χ0v) is 10.1. The first-order valence-corrected chi connectivity index (χ1v) is 5.68. The highest BCUT2D eigenvalue weighted by Crippen LogP contribution is 2.09. The van der Waals surface area contributed by atoms with Crippen molar-refractivity contribution in [1.29, 1.82) is 0 Å². The van der Waals surface area contributed by atoms with E-state index in [2.05, 4.69) is 10.3 Å². The lowest BCUT2D eigenvalue weighted by atomic mass is 10.2. The van der Waals surface area contributed by atoms with Crippen LogP contribution in [0.5, 0.6) is 0 Å². The van der Waals surface area contributed by atoms with Crippen molar-refractivity contribution in [3.05, 3.63) is 64.7 Å². The van der Waals surface area contributed by atoms with Gasteiger partial charge < -0.3 is 5.32 Å². The molecule has 1 amide bonds. The van der Waals surface area contributed by atoms with Crippen molar-refractivity contribution in [3.63, 3.8) is 0 Å². The molecule has 1 heterocycles. The molecule has 1 N–H and O–H groups in total. The molecule has 2 aromatic rings. The van der Waals surface area contributed by atoms with Gasteiger partial charge in [-0.15, -0.1) is 0 Å². The van der Waals surface area contributed by atoms with E-state index in [-0.39, 0.29) is 24.0 Å². The molecular formula is C13H10ClFN2O. The molecule has 0 saturated heterocycles. The Morgan fingerprint density at radius 2 is 2.11 bits per heavy atom. The summed E-state index contributed by atoms with van der Waals surface area (Å²) in [4.78, 5) is 15.6. The minimum absolute atomic E-state index is 0.111. The maximum Gasteiger partial charge on any atom is 0.270 e. The van der Waals surface area contributed by atoms with Crippen LogP contribution >= 0.6 is 11.6 Å². The molecule has 92 valence electrons. The van der Waals surface area contributed by atoms with Crippen molar-refractivity contribution in [2.75, 3.05) is 0 Å². The zero-order valence-electron chi connectivity index (χ0n) is 9.36. The second-order valence-electron chi connectivity index (χ2n) is 3.63. The third-order valence-electron chi connectivity index (χ3n) is 2.35. The van der Waals surface area contributed by atoms with Crippen LogP contribution in [0.25, 0.3) is 0 Å². The van der Waals surface area contributed by atoms with Gasteiger partial charge in [-0.2, -0.15) is 0 Å². The topological polar surface area (TPSA) is 42.0 Å². The number of nitrogens with zero attached hydrogens (tertiary/aromatic N) is 1. The van der Waals surface area contributed by atoms with Crippen molar-refractivity contribution < 1.29 is 9.18 Å². The first kappa shape index (κ1) is 12.5. The average molecular weight is 265 g/mol. The fraction of sp³-hybridized carbons (Fsp3) is 0.0769. The summed E-state index contributed by atoms with van der Waals surface area (Å²) in [6.07, 6.45) is 1.44. The van der Waals surface area contributed by atoms with E-state index in [4.69, 9.17) is 11.6 Å². The number of nitrogens with one attached hydrogen (secondary N) is 1. The van der Waals surface area contributed by atoms with Crippen LogP contribution in [0.2, 0.25) is 5.02 Å². The van der Waals surface area contributed by atoms with E-state index in [1.165, 1.54) is 18.3 Å². The highest BCUT2D eigenvalue weighted by molar-refractivity contribution is 6.30. The largest absolute Gasteiger partial charge is 0.347 e. The molecule has 0 atom stereocenters. The Kier molecular flexibility index (Phi) is 3.89. The maximum absolute atomic E-state index is 13.3. The Bertz CT molecular complexity index is 574. The van der Waals surface area contributed by atoms with E-state index >= 15 is 0 Å². The van der Waals surface area contributed by atoms with E-state index in [9.17, 15) is 9.18 Å². The van der Waals surface area contributed by atoms with Crippen molar-refractivity contribution in [3.8, 4) is 0 Å². The number of amides is 1. The highest BCUT2D eigenvalue weighted by atomic mass is 35.5. The molecule has 3 nitrogen and oxygen atoms in total. The van der Waals surface area contributed by atoms with Crippen LogP contribution in [0.15, 0.2) is 42.6 Å². The molecule has 18 heavy (non-hydrogen) atoms. The lowest BCUT2D eigenvalue weighted by Gasteiger charge is -2.05. The van der Waals surface area contributed by atoms with Gasteiger partial charge in [0.2, 0.25) is 0 Å². The van der Waals surface area contributed by atoms with E-state index in [1.807, 2.05) is 0 Å². The van der Waals surface area contributed by atoms with Crippen LogP contribution in [-0.4, -0.2) is 10.9 Å². The number of hydrogen-bond donors (Lipinski definition) is 1. The molecule has 0 aliphatic heterocycles. The van der Waals surface area contributed by atoms with Gasteiger partial charge in [-0.05, 0) is 18.2 Å². The number of aromatic nitrogens is 1. The second kappa shape index (κ2) is 5.60. The van der Waals surface area contributed by atoms with E-state index in [0.29, 0.717) is 10.6 Å². The number of rotatable bonds is 3. The fourth-order valence-electron chi connectivity index (χ4n) is 1.44. The number of benzene rings is 1. The summed E-state index contributed by atoms with van der Waals surface area (Å²) in [6.45, 7) is 0.111. The summed E-state index contributed by atoms with van der Waals surface area (Å²) in [5, 5.41) is 3.01. The van der Waals surface area contributed by atoms with Gasteiger partial charge in [-0.25, -0.2) is 4.39 Å². The fourth-order valence-corrected chi connectivity index (χ4v) is 1.60. The molecule has 0 aliphatic rings. The Morgan fingerprint density at radius 3 is 2.83 bits per heavy atom. The van der Waals surface area contributed by atoms with Gasteiger partial charge in [-0.1, -0.05) is 29.8 Å². The van der Waals surface area contributed by atoms with Gasteiger partial charge in [0, 0.05) is 23.3 Å². The lowest BCUT2D eigenvalue weighted by Crippen LogP contribution is -2.24. The number of carbonyl (C=O) groups is 1. The van der Waals surface area contributed by atoms with Crippen LogP contribution in [0.3, 0.4) is 0 Å². The molecule has 5 heteroatoms. The van der Waals surface area contributed by atoms with Gasteiger partial charge in [0.1, 0.15) is 11.5 Å². The smallest absolute Gasteiger partial charge is 0.270 e. The normalized spacial score (nSPS) is 10.1. The first-order chi connectivity index (χ1) is 8.66. The molecule has 0 aliphatic carbocycles. The molecule has 1 aromatic heterocycles. The summed E-state index contributed by atoms with van der Waals surface area (Å²) in [5.41, 5.74) is 0.631. The van der Waals surface area contributed by atoms with Gasteiger partial charge in [0.15, 0.2) is 0 Å². The molecule has 0 spiro atoms. The second-order valence-corrected chi connectivity index (χ2v) is 4.07. The van der Waals surface area contributed by atoms with Gasteiger partial charge in [-0.3, -0.25) is 9.78 Å². The van der Waals surface area contributed by atoms with Gasteiger partial charge in [0.25, 0.3) is 5.91 Å². The number of halogens is 2. The van der Waals surface area contributed by atoms with Crippen LogP contribution in [0.4, 0.5) is 4.39 Å². The third kappa shape index (κ3) is 3.05. The molecule has 0 radical (unpaired) electrons. The monoisotopic (exact) mass is 264 g/mol. The maximum atomic E-state index is 13.3. The van der Waals surface area contributed by atoms with E-state index in [1.54, 1.807) is 24.3 Å². The molecule has 0 bridgehead atoms. The van der Waals surface area contributed by atoms with Crippen molar-refractivity contribution in [2.45, 2.75) is 6.54 Å². The summed E-state index contributed by atoms with van der Waals surface area (Å²) >= 11 is 5.75. The summed E-state index contributed by atoms with van der Waals surface area (Å²) < 4.78 is 13.3. The molecule has 0 fully saturated rings. The van der Waals surface area contributed by atoms with Gasteiger partial charge in [0.05, 0.1) is 0 Å². The Balaban J connectivity index is 2.03. The highest BCUT2D eigenvalue weighted by Gasteiger charge is 2.08. The molecule has 0 unspecified atom stereocenters. The predicted octanol–water partition coefficient (Wildman–Crippen LogP) is 2.80.